The van der Waals surface area contributed by atoms with E-state index < -0.39 is 11.7 Å². The van der Waals surface area contributed by atoms with Crippen molar-refractivity contribution in [1.82, 2.24) is 15.3 Å². The van der Waals surface area contributed by atoms with E-state index in [0.717, 1.165) is 39.4 Å². The molecule has 3 aromatic rings. The maximum atomic E-state index is 12.8. The van der Waals surface area contributed by atoms with Gasteiger partial charge in [-0.25, -0.2) is 9.97 Å². The molecule has 0 fully saturated rings. The van der Waals surface area contributed by atoms with E-state index in [-0.39, 0.29) is 12.5 Å². The molecule has 0 aliphatic heterocycles. The van der Waals surface area contributed by atoms with Crippen LogP contribution in [-0.4, -0.2) is 15.9 Å². The summed E-state index contributed by atoms with van der Waals surface area (Å²) in [5, 5.41) is 3.56. The lowest BCUT2D eigenvalue weighted by atomic mass is 10.1. The molecule has 0 atom stereocenters. The first-order chi connectivity index (χ1) is 12.7. The predicted molar refractivity (Wildman–Crippen MR) is 98.9 cm³/mol. The fourth-order valence-electron chi connectivity index (χ4n) is 2.89. The smallest absolute Gasteiger partial charge is 0.347 e. The minimum Gasteiger partial charge on any atom is -0.347 e. The van der Waals surface area contributed by atoms with Crippen LogP contribution in [0.25, 0.3) is 10.2 Å². The van der Waals surface area contributed by atoms with Crippen LogP contribution in [-0.2, 0) is 19.1 Å². The topological polar surface area (TPSA) is 54.9 Å². The van der Waals surface area contributed by atoms with Gasteiger partial charge in [0.25, 0.3) is 5.91 Å². The lowest BCUT2D eigenvalue weighted by Gasteiger charge is -2.09. The van der Waals surface area contributed by atoms with Gasteiger partial charge < -0.3 is 5.32 Å². The Labute approximate surface area is 158 Å². The summed E-state index contributed by atoms with van der Waals surface area (Å²) in [4.78, 5) is 22.8. The summed E-state index contributed by atoms with van der Waals surface area (Å²) < 4.78 is 38.4. The van der Waals surface area contributed by atoms with Crippen LogP contribution in [0.3, 0.4) is 0 Å². The van der Waals surface area contributed by atoms with E-state index in [4.69, 9.17) is 0 Å². The van der Waals surface area contributed by atoms with Gasteiger partial charge in [-0.15, -0.1) is 11.3 Å². The summed E-state index contributed by atoms with van der Waals surface area (Å²) in [6.45, 7) is 5.69. The number of carbonyl (C=O) groups is 1. The second-order valence-electron chi connectivity index (χ2n) is 6.20. The fourth-order valence-corrected chi connectivity index (χ4v) is 4.06. The van der Waals surface area contributed by atoms with Crippen LogP contribution in [0.15, 0.2) is 24.3 Å². The average molecular weight is 393 g/mol. The number of alkyl halides is 3. The Morgan fingerprint density at radius 1 is 1.22 bits per heavy atom. The molecule has 0 spiro atoms. The number of nitrogens with zero attached hydrogens (tertiary/aromatic N) is 2. The third kappa shape index (κ3) is 3.95. The van der Waals surface area contributed by atoms with Gasteiger partial charge in [0.15, 0.2) is 0 Å². The number of nitrogens with one attached hydrogen (secondary N) is 1. The molecule has 1 amide bonds. The highest BCUT2D eigenvalue weighted by Gasteiger charge is 2.30. The summed E-state index contributed by atoms with van der Waals surface area (Å²) in [5.74, 6) is 0.391. The number of carbonyl (C=O) groups excluding carboxylic acids is 1. The van der Waals surface area contributed by atoms with Gasteiger partial charge in [0.05, 0.1) is 10.4 Å². The minimum atomic E-state index is -4.41. The highest BCUT2D eigenvalue weighted by atomic mass is 32.1. The molecule has 1 aromatic carbocycles. The minimum absolute atomic E-state index is 0.0152. The molecule has 0 bridgehead atoms. The lowest BCUT2D eigenvalue weighted by molar-refractivity contribution is -0.137. The highest BCUT2D eigenvalue weighted by molar-refractivity contribution is 7.20. The zero-order valence-corrected chi connectivity index (χ0v) is 15.9. The number of fused-ring (bicyclic) bond motifs is 1. The molecule has 8 heteroatoms. The Kier molecular flexibility index (Phi) is 5.19. The van der Waals surface area contributed by atoms with Crippen LogP contribution in [0, 0.1) is 13.8 Å². The van der Waals surface area contributed by atoms with Crippen molar-refractivity contribution >= 4 is 27.5 Å². The third-order valence-electron chi connectivity index (χ3n) is 4.25. The Bertz CT molecular complexity index is 1010. The molecule has 2 aromatic heterocycles. The Hall–Kier alpha value is -2.48. The maximum absolute atomic E-state index is 12.8. The summed E-state index contributed by atoms with van der Waals surface area (Å²) >= 11 is 1.28. The van der Waals surface area contributed by atoms with Gasteiger partial charge in [0, 0.05) is 24.0 Å². The van der Waals surface area contributed by atoms with Gasteiger partial charge >= 0.3 is 6.18 Å². The first kappa shape index (κ1) is 19.3. The number of halogens is 3. The van der Waals surface area contributed by atoms with E-state index in [0.29, 0.717) is 16.9 Å². The van der Waals surface area contributed by atoms with Crippen LogP contribution in [0.1, 0.15) is 44.8 Å². The first-order valence-corrected chi connectivity index (χ1v) is 9.23. The largest absolute Gasteiger partial charge is 0.416 e. The van der Waals surface area contributed by atoms with Crippen molar-refractivity contribution in [2.75, 3.05) is 0 Å². The van der Waals surface area contributed by atoms with Gasteiger partial charge in [-0.2, -0.15) is 13.2 Å². The summed E-state index contributed by atoms with van der Waals surface area (Å²) in [7, 11) is 0. The van der Waals surface area contributed by atoms with Gasteiger partial charge in [-0.1, -0.05) is 19.1 Å². The fraction of sp³-hybridized carbons (Fsp3) is 0.316. The third-order valence-corrected chi connectivity index (χ3v) is 5.43. The van der Waals surface area contributed by atoms with Crippen LogP contribution >= 0.6 is 11.3 Å². The number of rotatable bonds is 4. The van der Waals surface area contributed by atoms with Gasteiger partial charge in [0.2, 0.25) is 0 Å². The zero-order valence-electron chi connectivity index (χ0n) is 15.1. The number of benzene rings is 1. The normalized spacial score (nSPS) is 11.8. The van der Waals surface area contributed by atoms with Crippen molar-refractivity contribution in [2.24, 2.45) is 0 Å². The molecular formula is C19H18F3N3OS. The van der Waals surface area contributed by atoms with Crippen LogP contribution < -0.4 is 5.32 Å². The zero-order chi connectivity index (χ0) is 19.8. The average Bonchev–Trinajstić information content (AvgIpc) is 2.96. The number of hydrogen-bond acceptors (Lipinski definition) is 4. The van der Waals surface area contributed by atoms with E-state index in [2.05, 4.69) is 15.3 Å². The van der Waals surface area contributed by atoms with Crippen molar-refractivity contribution in [2.45, 2.75) is 39.9 Å². The monoisotopic (exact) mass is 393 g/mol. The van der Waals surface area contributed by atoms with E-state index in [1.54, 1.807) is 6.07 Å². The predicted octanol–water partition coefficient (Wildman–Crippen LogP) is 4.82. The number of hydrogen-bond donors (Lipinski definition) is 1. The SMILES string of the molecule is CCc1nc(C)c2c(C)c(C(=O)NCc3cccc(C(F)(F)F)c3)sc2n1. The van der Waals surface area contributed by atoms with Crippen molar-refractivity contribution in [1.29, 1.82) is 0 Å². The standard InChI is InChI=1S/C19H18F3N3OS/c1-4-14-24-11(3)15-10(2)16(27-18(15)25-14)17(26)23-9-12-6-5-7-13(8-12)19(20,21)22/h5-8H,4,9H2,1-3H3,(H,23,26). The molecule has 27 heavy (non-hydrogen) atoms. The second-order valence-corrected chi connectivity index (χ2v) is 7.20. The first-order valence-electron chi connectivity index (χ1n) is 8.41. The second kappa shape index (κ2) is 7.26. The summed E-state index contributed by atoms with van der Waals surface area (Å²) in [6, 6.07) is 4.94. The van der Waals surface area contributed by atoms with E-state index in [9.17, 15) is 18.0 Å². The lowest BCUT2D eigenvalue weighted by Crippen LogP contribution is -2.22. The molecule has 4 nitrogen and oxygen atoms in total. The molecule has 0 unspecified atom stereocenters. The summed E-state index contributed by atoms with van der Waals surface area (Å²) in [6.07, 6.45) is -3.71. The van der Waals surface area contributed by atoms with Crippen LogP contribution in [0.2, 0.25) is 0 Å². The molecule has 142 valence electrons. The van der Waals surface area contributed by atoms with E-state index in [1.165, 1.54) is 17.4 Å². The maximum Gasteiger partial charge on any atom is 0.416 e. The number of aromatic nitrogens is 2. The van der Waals surface area contributed by atoms with Gasteiger partial charge in [-0.3, -0.25) is 4.79 Å². The Balaban J connectivity index is 1.83. The quantitative estimate of drug-likeness (QED) is 0.691. The van der Waals surface area contributed by atoms with Crippen molar-refractivity contribution in [3.63, 3.8) is 0 Å². The van der Waals surface area contributed by atoms with E-state index >= 15 is 0 Å². The van der Waals surface area contributed by atoms with Crippen molar-refractivity contribution in [3.05, 3.63) is 57.4 Å². The molecule has 0 radical (unpaired) electrons. The van der Waals surface area contributed by atoms with Crippen molar-refractivity contribution < 1.29 is 18.0 Å². The molecule has 1 N–H and O–H groups in total. The molecule has 0 saturated heterocycles. The molecule has 0 aliphatic rings. The molecule has 0 saturated carbocycles. The van der Waals surface area contributed by atoms with Gasteiger partial charge in [0.1, 0.15) is 10.7 Å². The van der Waals surface area contributed by atoms with E-state index in [1.807, 2.05) is 20.8 Å². The number of aryl methyl sites for hydroxylation is 3. The Morgan fingerprint density at radius 2 is 1.96 bits per heavy atom. The Morgan fingerprint density at radius 3 is 2.63 bits per heavy atom. The van der Waals surface area contributed by atoms with Crippen molar-refractivity contribution in [3.8, 4) is 0 Å². The van der Waals surface area contributed by atoms with Crippen LogP contribution in [0.5, 0.6) is 0 Å². The van der Waals surface area contributed by atoms with Crippen LogP contribution in [0.4, 0.5) is 13.2 Å². The number of thiophene rings is 1. The molecule has 0 aliphatic carbocycles. The number of amides is 1. The molecule has 3 rings (SSSR count). The highest BCUT2D eigenvalue weighted by Crippen LogP contribution is 2.32. The molecular weight excluding hydrogens is 375 g/mol. The summed E-state index contributed by atoms with van der Waals surface area (Å²) in [5.41, 5.74) is 1.27. The van der Waals surface area contributed by atoms with Gasteiger partial charge in [-0.05, 0) is 37.1 Å². The molecule has 2 heterocycles.